The maximum Gasteiger partial charge on any atom is 0.247 e. The number of unbranched alkanes of at least 4 members (excludes halogenated alkanes) is 2. The third-order valence-electron chi connectivity index (χ3n) is 9.75. The Labute approximate surface area is 272 Å². The first-order valence-corrected chi connectivity index (χ1v) is 17.3. The van der Waals surface area contributed by atoms with Gasteiger partial charge in [0, 0.05) is 31.4 Å². The monoisotopic (exact) mass is 629 g/mol. The summed E-state index contributed by atoms with van der Waals surface area (Å²) in [5, 5.41) is 10.7. The topological polar surface area (TPSA) is 81.2 Å². The van der Waals surface area contributed by atoms with E-state index in [0.29, 0.717) is 39.0 Å². The van der Waals surface area contributed by atoms with Gasteiger partial charge in [0.1, 0.15) is 6.04 Å². The fraction of sp³-hybridized carbons (Fsp3) is 0.486. The molecule has 3 heterocycles. The third kappa shape index (κ3) is 6.50. The van der Waals surface area contributed by atoms with Crippen LogP contribution in [-0.2, 0) is 27.3 Å². The smallest absolute Gasteiger partial charge is 0.247 e. The summed E-state index contributed by atoms with van der Waals surface area (Å²) in [5.74, 6) is -1.50. The lowest BCUT2D eigenvalue weighted by atomic mass is 9.70. The molecule has 8 heteroatoms. The third-order valence-corrected chi connectivity index (χ3v) is 11.7. The average Bonchev–Trinajstić information content (AvgIpc) is 3.71. The largest absolute Gasteiger partial charge is 0.394 e. The van der Waals surface area contributed by atoms with Crippen LogP contribution in [0.1, 0.15) is 50.2 Å². The van der Waals surface area contributed by atoms with Crippen LogP contribution in [-0.4, -0.2) is 85.8 Å². The van der Waals surface area contributed by atoms with Gasteiger partial charge in [0.05, 0.1) is 29.2 Å². The Hall–Kier alpha value is -3.36. The van der Waals surface area contributed by atoms with Crippen LogP contribution < -0.4 is 0 Å². The molecule has 7 nitrogen and oxygen atoms in total. The van der Waals surface area contributed by atoms with Crippen molar-refractivity contribution < 1.29 is 19.5 Å². The van der Waals surface area contributed by atoms with E-state index >= 15 is 0 Å². The summed E-state index contributed by atoms with van der Waals surface area (Å²) < 4.78 is -0.722. The molecule has 0 saturated carbocycles. The quantitative estimate of drug-likeness (QED) is 0.207. The Morgan fingerprint density at radius 1 is 1.00 bits per heavy atom. The van der Waals surface area contributed by atoms with Gasteiger partial charge in [-0.15, -0.1) is 24.9 Å². The second kappa shape index (κ2) is 14.8. The molecule has 3 aliphatic heterocycles. The highest BCUT2D eigenvalue weighted by Crippen LogP contribution is 2.67. The van der Waals surface area contributed by atoms with Crippen LogP contribution in [0.3, 0.4) is 0 Å². The molecule has 2 bridgehead atoms. The Bertz CT molecular complexity index is 1350. The molecule has 5 rings (SSSR count). The van der Waals surface area contributed by atoms with Crippen molar-refractivity contribution in [3.05, 3.63) is 97.1 Å². The van der Waals surface area contributed by atoms with E-state index in [1.54, 1.807) is 33.7 Å². The first-order valence-electron chi connectivity index (χ1n) is 16.4. The van der Waals surface area contributed by atoms with Gasteiger partial charge in [-0.1, -0.05) is 92.6 Å². The summed E-state index contributed by atoms with van der Waals surface area (Å²) in [4.78, 5) is 49.3. The van der Waals surface area contributed by atoms with Crippen LogP contribution in [0, 0.1) is 11.8 Å². The second-order valence-electron chi connectivity index (χ2n) is 12.6. The van der Waals surface area contributed by atoms with Crippen molar-refractivity contribution in [3.63, 3.8) is 0 Å². The summed E-state index contributed by atoms with van der Waals surface area (Å²) in [6, 6.07) is 18.3. The Kier molecular flexibility index (Phi) is 10.9. The number of carbonyl (C=O) groups excluding carboxylic acids is 3. The van der Waals surface area contributed by atoms with Gasteiger partial charge in [-0.2, -0.15) is 0 Å². The molecular formula is C37H47N3O4S. The second-order valence-corrected chi connectivity index (χ2v) is 14.2. The summed E-state index contributed by atoms with van der Waals surface area (Å²) in [5.41, 5.74) is 2.00. The van der Waals surface area contributed by atoms with Gasteiger partial charge in [-0.3, -0.25) is 14.4 Å². The van der Waals surface area contributed by atoms with Crippen LogP contribution in [0.4, 0.5) is 0 Å². The number of aliphatic hydroxyl groups excluding tert-OH is 1. The number of aliphatic hydroxyl groups is 1. The van der Waals surface area contributed by atoms with Crippen molar-refractivity contribution in [1.29, 1.82) is 0 Å². The number of carbonyl (C=O) groups is 3. The normalized spacial score (nSPS) is 25.6. The molecule has 0 aliphatic carbocycles. The van der Waals surface area contributed by atoms with E-state index in [0.717, 1.165) is 36.8 Å². The van der Waals surface area contributed by atoms with Crippen molar-refractivity contribution in [2.75, 3.05) is 26.2 Å². The predicted octanol–water partition coefficient (Wildman–Crippen LogP) is 5.10. The number of hydrogen-bond acceptors (Lipinski definition) is 5. The molecule has 3 fully saturated rings. The number of amides is 3. The zero-order valence-electron chi connectivity index (χ0n) is 26.4. The summed E-state index contributed by atoms with van der Waals surface area (Å²) in [6.07, 6.45) is 8.27. The molecule has 3 saturated heterocycles. The molecule has 3 amide bonds. The Balaban J connectivity index is 1.53. The minimum atomic E-state index is -0.757. The molecule has 1 N–H and O–H groups in total. The van der Waals surface area contributed by atoms with Crippen LogP contribution >= 0.6 is 11.8 Å². The highest BCUT2D eigenvalue weighted by atomic mass is 32.2. The number of benzene rings is 2. The SMILES string of the molecule is C=CCN(CCCCC)C(=O)C1N([C@@H](CO)Cc2ccccc2)C(=O)[C@@H]2[C@@H](C(=O)N(CC=C)Cc3ccccc3)[C@H]3CCC12S3. The fourth-order valence-corrected chi connectivity index (χ4v) is 9.95. The number of hydrogen-bond donors (Lipinski definition) is 1. The number of rotatable bonds is 16. The maximum atomic E-state index is 14.8. The number of nitrogens with zero attached hydrogens (tertiary/aromatic N) is 3. The van der Waals surface area contributed by atoms with Gasteiger partial charge in [0.2, 0.25) is 17.7 Å². The minimum absolute atomic E-state index is 0.0402. The Morgan fingerprint density at radius 2 is 1.64 bits per heavy atom. The van der Waals surface area contributed by atoms with Crippen LogP contribution in [0.5, 0.6) is 0 Å². The maximum absolute atomic E-state index is 14.8. The molecule has 3 aliphatic rings. The summed E-state index contributed by atoms with van der Waals surface area (Å²) in [6.45, 7) is 11.5. The highest BCUT2D eigenvalue weighted by molar-refractivity contribution is 8.02. The lowest BCUT2D eigenvalue weighted by molar-refractivity contribution is -0.147. The van der Waals surface area contributed by atoms with Gasteiger partial charge >= 0.3 is 0 Å². The van der Waals surface area contributed by atoms with E-state index in [2.05, 4.69) is 20.1 Å². The van der Waals surface area contributed by atoms with Crippen LogP contribution in [0.25, 0.3) is 0 Å². The van der Waals surface area contributed by atoms with Gasteiger partial charge in [-0.05, 0) is 36.8 Å². The van der Waals surface area contributed by atoms with Crippen molar-refractivity contribution in [2.24, 2.45) is 11.8 Å². The molecule has 6 atom stereocenters. The average molecular weight is 630 g/mol. The molecule has 240 valence electrons. The Morgan fingerprint density at radius 3 is 2.27 bits per heavy atom. The van der Waals surface area contributed by atoms with Crippen LogP contribution in [0.2, 0.25) is 0 Å². The van der Waals surface area contributed by atoms with E-state index < -0.39 is 28.7 Å². The van der Waals surface area contributed by atoms with Gasteiger partial charge in [0.25, 0.3) is 0 Å². The van der Waals surface area contributed by atoms with Crippen molar-refractivity contribution in [1.82, 2.24) is 14.7 Å². The first kappa shape index (κ1) is 33.0. The van der Waals surface area contributed by atoms with E-state index in [4.69, 9.17) is 0 Å². The zero-order valence-corrected chi connectivity index (χ0v) is 27.2. The molecular weight excluding hydrogens is 582 g/mol. The highest BCUT2D eigenvalue weighted by Gasteiger charge is 2.74. The van der Waals surface area contributed by atoms with Gasteiger partial charge in [-0.25, -0.2) is 0 Å². The van der Waals surface area contributed by atoms with E-state index in [-0.39, 0.29) is 29.6 Å². The van der Waals surface area contributed by atoms with E-state index in [1.165, 1.54) is 0 Å². The van der Waals surface area contributed by atoms with Crippen molar-refractivity contribution in [3.8, 4) is 0 Å². The number of likely N-dealkylation sites (tertiary alicyclic amines) is 1. The molecule has 45 heavy (non-hydrogen) atoms. The first-order chi connectivity index (χ1) is 21.9. The molecule has 0 aromatic heterocycles. The molecule has 2 aromatic carbocycles. The van der Waals surface area contributed by atoms with E-state index in [9.17, 15) is 19.5 Å². The summed E-state index contributed by atoms with van der Waals surface area (Å²) >= 11 is 1.68. The number of fused-ring (bicyclic) bond motifs is 1. The van der Waals surface area contributed by atoms with Crippen molar-refractivity contribution in [2.45, 2.75) is 74.1 Å². The van der Waals surface area contributed by atoms with E-state index in [1.807, 2.05) is 65.6 Å². The molecule has 2 unspecified atom stereocenters. The molecule has 1 spiro atoms. The van der Waals surface area contributed by atoms with Crippen molar-refractivity contribution >= 4 is 29.5 Å². The van der Waals surface area contributed by atoms with Gasteiger partial charge < -0.3 is 19.8 Å². The standard InChI is InChI=1S/C37H47N3O4S/c1-4-7-14-23-38(21-5-2)36(44)33-37-20-19-30(45-37)31(34(42)39(22-6-3)25-28-17-12-9-13-18-28)32(37)35(43)40(33)29(26-41)24-27-15-10-8-11-16-27/h5-6,8-13,15-18,29-33,41H,2-4,7,14,19-26H2,1H3/t29-,30-,31+,32+,33?,37?/m1/s1. The predicted molar refractivity (Wildman–Crippen MR) is 180 cm³/mol. The fourth-order valence-electron chi connectivity index (χ4n) is 7.76. The lowest BCUT2D eigenvalue weighted by Gasteiger charge is -2.40. The zero-order chi connectivity index (χ0) is 32.0. The molecule has 2 aromatic rings. The molecule has 0 radical (unpaired) electrons. The number of thioether (sulfide) groups is 1. The summed E-state index contributed by atoms with van der Waals surface area (Å²) in [7, 11) is 0. The lowest BCUT2D eigenvalue weighted by Crippen LogP contribution is -2.58. The van der Waals surface area contributed by atoms with Gasteiger partial charge in [0.15, 0.2) is 0 Å². The minimum Gasteiger partial charge on any atom is -0.394 e. The van der Waals surface area contributed by atoms with Crippen LogP contribution in [0.15, 0.2) is 86.0 Å².